The van der Waals surface area contributed by atoms with Crippen LogP contribution in [-0.4, -0.2) is 44.9 Å². The molecule has 1 aromatic heterocycles. The molecule has 3 aliphatic carbocycles. The number of hydrogen-bond acceptors (Lipinski definition) is 4. The van der Waals surface area contributed by atoms with Gasteiger partial charge in [-0.3, -0.25) is 0 Å². The lowest BCUT2D eigenvalue weighted by Crippen LogP contribution is -2.74. The van der Waals surface area contributed by atoms with Crippen LogP contribution in [0.15, 0.2) is 12.1 Å². The molecule has 0 saturated carbocycles. The van der Waals surface area contributed by atoms with Crippen LogP contribution in [0.5, 0.6) is 11.5 Å². The molecule has 7 rings (SSSR count). The van der Waals surface area contributed by atoms with Crippen LogP contribution in [0.4, 0.5) is 0 Å². The van der Waals surface area contributed by atoms with E-state index < -0.39 is 11.0 Å². The number of phenolic OH excluding ortho intramolecular Hbond substituents is 1. The van der Waals surface area contributed by atoms with Crippen molar-refractivity contribution in [3.8, 4) is 11.5 Å². The summed E-state index contributed by atoms with van der Waals surface area (Å²) in [5.41, 5.74) is 6.50. The minimum absolute atomic E-state index is 0.0814. The van der Waals surface area contributed by atoms with Gasteiger partial charge in [0.25, 0.3) is 0 Å². The maximum atomic E-state index is 12.5. The average molecular weight is 392 g/mol. The maximum absolute atomic E-state index is 12.5. The van der Waals surface area contributed by atoms with Gasteiger partial charge in [0, 0.05) is 30.8 Å². The molecule has 29 heavy (non-hydrogen) atoms. The quantitative estimate of drug-likeness (QED) is 0.723. The third kappa shape index (κ3) is 1.63. The van der Waals surface area contributed by atoms with Crippen LogP contribution in [0.25, 0.3) is 0 Å². The van der Waals surface area contributed by atoms with E-state index in [1.54, 1.807) is 6.07 Å². The van der Waals surface area contributed by atoms with E-state index in [-0.39, 0.29) is 17.9 Å². The van der Waals surface area contributed by atoms with Crippen molar-refractivity contribution in [1.82, 2.24) is 9.47 Å². The highest BCUT2D eigenvalue weighted by Gasteiger charge is 2.72. The van der Waals surface area contributed by atoms with Gasteiger partial charge in [-0.1, -0.05) is 6.07 Å². The molecule has 2 N–H and O–H groups in total. The topological polar surface area (TPSA) is 57.9 Å². The van der Waals surface area contributed by atoms with Crippen molar-refractivity contribution in [2.24, 2.45) is 7.05 Å². The first kappa shape index (κ1) is 16.8. The molecule has 1 aromatic carbocycles. The molecular formula is C24H28N2O3. The van der Waals surface area contributed by atoms with Crippen LogP contribution in [0, 0.1) is 0 Å². The van der Waals surface area contributed by atoms with Gasteiger partial charge in [0.2, 0.25) is 0 Å². The normalized spacial score (nSPS) is 36.2. The van der Waals surface area contributed by atoms with E-state index in [0.29, 0.717) is 12.2 Å². The molecule has 2 aromatic rings. The summed E-state index contributed by atoms with van der Waals surface area (Å²) >= 11 is 0. The van der Waals surface area contributed by atoms with Gasteiger partial charge in [-0.2, -0.15) is 0 Å². The number of ether oxygens (including phenoxy) is 1. The van der Waals surface area contributed by atoms with Gasteiger partial charge in [-0.25, -0.2) is 0 Å². The molecule has 0 amide bonds. The van der Waals surface area contributed by atoms with Crippen molar-refractivity contribution in [2.75, 3.05) is 13.6 Å². The number of benzene rings is 1. The largest absolute Gasteiger partial charge is 0.504 e. The van der Waals surface area contributed by atoms with Crippen LogP contribution < -0.4 is 4.74 Å². The second kappa shape index (κ2) is 5.01. The second-order valence-electron chi connectivity index (χ2n) is 10.0. The molecule has 5 aliphatic rings. The van der Waals surface area contributed by atoms with E-state index in [9.17, 15) is 10.2 Å². The monoisotopic (exact) mass is 392 g/mol. The summed E-state index contributed by atoms with van der Waals surface area (Å²) in [6.07, 6.45) is 6.86. The molecule has 2 bridgehead atoms. The lowest BCUT2D eigenvalue weighted by Gasteiger charge is -2.62. The fourth-order valence-electron chi connectivity index (χ4n) is 7.81. The van der Waals surface area contributed by atoms with Gasteiger partial charge >= 0.3 is 0 Å². The molecule has 4 atom stereocenters. The molecule has 3 heterocycles. The highest BCUT2D eigenvalue weighted by Crippen LogP contribution is 2.69. The van der Waals surface area contributed by atoms with Gasteiger partial charge in [-0.15, -0.1) is 0 Å². The smallest absolute Gasteiger partial charge is 0.166 e. The van der Waals surface area contributed by atoms with Gasteiger partial charge < -0.3 is 24.4 Å². The number of hydrogen-bond donors (Lipinski definition) is 2. The number of piperidine rings is 1. The first-order chi connectivity index (χ1) is 14.0. The summed E-state index contributed by atoms with van der Waals surface area (Å²) in [4.78, 5) is 2.36. The zero-order valence-corrected chi connectivity index (χ0v) is 17.2. The minimum Gasteiger partial charge on any atom is -0.504 e. The standard InChI is InChI=1S/C24H28N2O3/c1-25-10-9-23-19-13-7-8-17(27)21(19)29-22(23)20-15(12-24(23,28)18(25)11-13)14-5-3-4-6-16(14)26(20)2/h7-8,18,22,27-28H,3-6,9-12H2,1-2H3/t18?,22-,23-,24+/m0/s1. The van der Waals surface area contributed by atoms with Crippen molar-refractivity contribution < 1.29 is 14.9 Å². The molecular weight excluding hydrogens is 364 g/mol. The first-order valence-corrected chi connectivity index (χ1v) is 11.1. The zero-order chi connectivity index (χ0) is 19.7. The van der Waals surface area contributed by atoms with E-state index in [1.165, 1.54) is 40.9 Å². The van der Waals surface area contributed by atoms with E-state index in [4.69, 9.17) is 4.74 Å². The van der Waals surface area contributed by atoms with E-state index in [2.05, 4.69) is 29.6 Å². The fourth-order valence-corrected chi connectivity index (χ4v) is 7.81. The minimum atomic E-state index is -0.865. The Morgan fingerprint density at radius 2 is 1.97 bits per heavy atom. The van der Waals surface area contributed by atoms with E-state index in [0.717, 1.165) is 37.8 Å². The zero-order valence-electron chi connectivity index (χ0n) is 17.2. The Labute approximate surface area is 170 Å². The van der Waals surface area contributed by atoms with Crippen molar-refractivity contribution in [3.63, 3.8) is 0 Å². The molecule has 1 unspecified atom stereocenters. The fraction of sp³-hybridized carbons (Fsp3) is 0.583. The third-order valence-electron chi connectivity index (χ3n) is 9.05. The number of phenols is 1. The van der Waals surface area contributed by atoms with Gasteiger partial charge in [0.1, 0.15) is 0 Å². The summed E-state index contributed by atoms with van der Waals surface area (Å²) < 4.78 is 9.03. The molecule has 1 fully saturated rings. The Morgan fingerprint density at radius 3 is 2.83 bits per heavy atom. The van der Waals surface area contributed by atoms with Crippen LogP contribution in [0.2, 0.25) is 0 Å². The number of aromatic nitrogens is 1. The number of nitrogens with zero attached hydrogens (tertiary/aromatic N) is 2. The Balaban J connectivity index is 1.59. The highest BCUT2D eigenvalue weighted by molar-refractivity contribution is 5.65. The highest BCUT2D eigenvalue weighted by atomic mass is 16.5. The van der Waals surface area contributed by atoms with Crippen molar-refractivity contribution >= 4 is 0 Å². The summed E-state index contributed by atoms with van der Waals surface area (Å²) in [5, 5.41) is 23.2. The Morgan fingerprint density at radius 1 is 1.14 bits per heavy atom. The van der Waals surface area contributed by atoms with Crippen LogP contribution in [0.1, 0.15) is 59.0 Å². The molecule has 5 nitrogen and oxygen atoms in total. The van der Waals surface area contributed by atoms with E-state index >= 15 is 0 Å². The van der Waals surface area contributed by atoms with Crippen molar-refractivity contribution in [1.29, 1.82) is 0 Å². The van der Waals surface area contributed by atoms with Crippen LogP contribution in [0.3, 0.4) is 0 Å². The summed E-state index contributed by atoms with van der Waals surface area (Å²) in [6, 6.07) is 3.91. The second-order valence-corrected chi connectivity index (χ2v) is 10.0. The molecule has 0 radical (unpaired) electrons. The molecule has 5 heteroatoms. The number of aliphatic hydroxyl groups is 1. The number of rotatable bonds is 0. The van der Waals surface area contributed by atoms with Crippen LogP contribution >= 0.6 is 0 Å². The maximum Gasteiger partial charge on any atom is 0.166 e. The number of fused-ring (bicyclic) bond motifs is 4. The van der Waals surface area contributed by atoms with Gasteiger partial charge in [-0.05, 0) is 74.9 Å². The predicted molar refractivity (Wildman–Crippen MR) is 109 cm³/mol. The molecule has 152 valence electrons. The number of aromatic hydroxyl groups is 1. The summed E-state index contributed by atoms with van der Waals surface area (Å²) in [6.45, 7) is 0.945. The lowest BCUT2D eigenvalue weighted by molar-refractivity contribution is -0.168. The average Bonchev–Trinajstić information content (AvgIpc) is 3.19. The molecule has 1 spiro atoms. The molecule has 2 aliphatic heterocycles. The lowest BCUT2D eigenvalue weighted by atomic mass is 9.49. The Bertz CT molecular complexity index is 1090. The van der Waals surface area contributed by atoms with E-state index in [1.807, 2.05) is 0 Å². The van der Waals surface area contributed by atoms with Crippen molar-refractivity contribution in [3.05, 3.63) is 45.8 Å². The first-order valence-electron chi connectivity index (χ1n) is 11.1. The summed E-state index contributed by atoms with van der Waals surface area (Å²) in [5.74, 6) is 0.841. The third-order valence-corrected chi connectivity index (χ3v) is 9.05. The van der Waals surface area contributed by atoms with Crippen molar-refractivity contribution in [2.45, 2.75) is 68.1 Å². The van der Waals surface area contributed by atoms with Crippen LogP contribution in [-0.2, 0) is 38.1 Å². The Hall–Kier alpha value is -1.98. The van der Waals surface area contributed by atoms with Gasteiger partial charge in [0.05, 0.1) is 16.7 Å². The number of likely N-dealkylation sites (tertiary alicyclic amines) is 1. The number of likely N-dealkylation sites (N-methyl/N-ethyl adjacent to an activating group) is 1. The summed E-state index contributed by atoms with van der Waals surface area (Å²) in [7, 11) is 4.34. The SMILES string of the molecule is CN1CC[C@]23c4c5ccc(O)c4O[C@H]2c2c(c4c(n2C)CCCC4)C[C@@]3(O)C1C5. The van der Waals surface area contributed by atoms with Gasteiger partial charge in [0.15, 0.2) is 17.6 Å². The molecule has 1 saturated heterocycles. The predicted octanol–water partition coefficient (Wildman–Crippen LogP) is 2.53. The Kier molecular flexibility index (Phi) is 2.90.